The Hall–Kier alpha value is -3.24. The molecule has 3 aromatic carbocycles. The molecule has 1 amide bonds. The van der Waals surface area contributed by atoms with Gasteiger partial charge in [-0.25, -0.2) is 8.42 Å². The molecule has 1 aliphatic rings. The number of carbonyl (C=O) groups is 1. The van der Waals surface area contributed by atoms with Crippen LogP contribution in [0.1, 0.15) is 15.9 Å². The number of benzene rings is 3. The maximum absolute atomic E-state index is 13.1. The first kappa shape index (κ1) is 25.4. The molecule has 0 atom stereocenters. The predicted octanol–water partition coefficient (Wildman–Crippen LogP) is 5.17. The van der Waals surface area contributed by atoms with Crippen LogP contribution in [0.25, 0.3) is 22.9 Å². The van der Waals surface area contributed by atoms with Crippen LogP contribution in [-0.2, 0) is 10.0 Å². The highest BCUT2D eigenvalue weighted by Crippen LogP contribution is 2.31. The normalized spacial score (nSPS) is 14.6. The van der Waals surface area contributed by atoms with Crippen LogP contribution in [0.4, 0.5) is 0 Å². The quantitative estimate of drug-likeness (QED) is 0.336. The molecule has 8 nitrogen and oxygen atoms in total. The lowest BCUT2D eigenvalue weighted by Crippen LogP contribution is -2.50. The number of halogens is 2. The van der Waals surface area contributed by atoms with Crippen molar-refractivity contribution < 1.29 is 17.6 Å². The molecule has 37 heavy (non-hydrogen) atoms. The molecule has 0 unspecified atom stereocenters. The highest BCUT2D eigenvalue weighted by atomic mass is 35.5. The minimum absolute atomic E-state index is 0.00463. The second-order valence-corrected chi connectivity index (χ2v) is 11.3. The predicted molar refractivity (Wildman–Crippen MR) is 141 cm³/mol. The SMILES string of the molecule is Cc1ccc(-c2nnc(-c3ccc(C(=O)N4CCN(S(=O)(=O)c5cccc(Cl)c5Cl)CC4)cc3)o2)cc1. The zero-order chi connectivity index (χ0) is 26.2. The molecular formula is C26H22Cl2N4O4S. The third kappa shape index (κ3) is 5.13. The fraction of sp³-hybridized carbons (Fsp3) is 0.192. The molecule has 0 spiro atoms. The Morgan fingerprint density at radius 3 is 2.00 bits per heavy atom. The van der Waals surface area contributed by atoms with Crippen LogP contribution in [0, 0.1) is 6.92 Å². The van der Waals surface area contributed by atoms with E-state index in [-0.39, 0.29) is 47.0 Å². The number of hydrogen-bond donors (Lipinski definition) is 0. The number of amides is 1. The van der Waals surface area contributed by atoms with Crippen molar-refractivity contribution in [3.05, 3.63) is 87.9 Å². The summed E-state index contributed by atoms with van der Waals surface area (Å²) >= 11 is 12.1. The van der Waals surface area contributed by atoms with Crippen LogP contribution >= 0.6 is 23.2 Å². The third-order valence-electron chi connectivity index (χ3n) is 6.16. The molecule has 0 N–H and O–H groups in total. The Morgan fingerprint density at radius 2 is 1.41 bits per heavy atom. The maximum Gasteiger partial charge on any atom is 0.253 e. The summed E-state index contributed by atoms with van der Waals surface area (Å²) < 4.78 is 33.2. The van der Waals surface area contributed by atoms with E-state index in [9.17, 15) is 13.2 Å². The van der Waals surface area contributed by atoms with Gasteiger partial charge in [0.25, 0.3) is 5.91 Å². The number of aryl methyl sites for hydroxylation is 1. The Morgan fingerprint density at radius 1 is 0.838 bits per heavy atom. The number of aromatic nitrogens is 2. The summed E-state index contributed by atoms with van der Waals surface area (Å²) in [7, 11) is -3.83. The van der Waals surface area contributed by atoms with Gasteiger partial charge in [-0.2, -0.15) is 4.31 Å². The van der Waals surface area contributed by atoms with Gasteiger partial charge < -0.3 is 9.32 Å². The first-order chi connectivity index (χ1) is 17.7. The fourth-order valence-electron chi connectivity index (χ4n) is 4.04. The van der Waals surface area contributed by atoms with Crippen molar-refractivity contribution in [2.75, 3.05) is 26.2 Å². The first-order valence-corrected chi connectivity index (χ1v) is 13.7. The lowest BCUT2D eigenvalue weighted by molar-refractivity contribution is 0.0698. The second-order valence-electron chi connectivity index (χ2n) is 8.60. The molecule has 0 saturated carbocycles. The second kappa shape index (κ2) is 10.3. The van der Waals surface area contributed by atoms with Crippen LogP contribution in [0.15, 0.2) is 76.0 Å². The van der Waals surface area contributed by atoms with E-state index in [1.807, 2.05) is 31.2 Å². The van der Waals surface area contributed by atoms with E-state index in [1.54, 1.807) is 35.2 Å². The minimum Gasteiger partial charge on any atom is -0.416 e. The van der Waals surface area contributed by atoms with Gasteiger partial charge in [-0.15, -0.1) is 10.2 Å². The van der Waals surface area contributed by atoms with E-state index in [0.29, 0.717) is 22.9 Å². The van der Waals surface area contributed by atoms with Crippen molar-refractivity contribution in [1.29, 1.82) is 0 Å². The summed E-state index contributed by atoms with van der Waals surface area (Å²) in [5, 5.41) is 8.42. The monoisotopic (exact) mass is 556 g/mol. The zero-order valence-electron chi connectivity index (χ0n) is 19.8. The average Bonchev–Trinajstić information content (AvgIpc) is 3.41. The number of sulfonamides is 1. The topological polar surface area (TPSA) is 96.6 Å². The number of carbonyl (C=O) groups excluding carboxylic acids is 1. The van der Waals surface area contributed by atoms with Gasteiger partial charge >= 0.3 is 0 Å². The summed E-state index contributed by atoms with van der Waals surface area (Å²) in [4.78, 5) is 14.6. The van der Waals surface area contributed by atoms with Gasteiger partial charge in [0.15, 0.2) is 0 Å². The van der Waals surface area contributed by atoms with Gasteiger partial charge in [0.2, 0.25) is 21.8 Å². The molecule has 190 valence electrons. The molecule has 1 saturated heterocycles. The van der Waals surface area contributed by atoms with Crippen LogP contribution < -0.4 is 0 Å². The highest BCUT2D eigenvalue weighted by Gasteiger charge is 2.32. The smallest absolute Gasteiger partial charge is 0.253 e. The Labute approximate surface area is 224 Å². The summed E-state index contributed by atoms with van der Waals surface area (Å²) in [6.07, 6.45) is 0. The average molecular weight is 557 g/mol. The number of hydrogen-bond acceptors (Lipinski definition) is 6. The standard InChI is InChI=1S/C26H22Cl2N4O4S/c1-17-5-7-18(8-6-17)24-29-30-25(36-24)19-9-11-20(12-10-19)26(33)31-13-15-32(16-14-31)37(34,35)22-4-2-3-21(27)23(22)28/h2-12H,13-16H2,1H3. The molecule has 1 aliphatic heterocycles. The van der Waals surface area contributed by atoms with Gasteiger partial charge in [0.1, 0.15) is 4.90 Å². The van der Waals surface area contributed by atoms with Gasteiger partial charge in [-0.05, 0) is 55.5 Å². The van der Waals surface area contributed by atoms with E-state index in [1.165, 1.54) is 16.4 Å². The van der Waals surface area contributed by atoms with E-state index in [4.69, 9.17) is 27.6 Å². The maximum atomic E-state index is 13.1. The highest BCUT2D eigenvalue weighted by molar-refractivity contribution is 7.89. The van der Waals surface area contributed by atoms with Gasteiger partial charge in [0.05, 0.1) is 10.0 Å². The molecule has 2 heterocycles. The lowest BCUT2D eigenvalue weighted by Gasteiger charge is -2.34. The summed E-state index contributed by atoms with van der Waals surface area (Å²) in [5.74, 6) is 0.588. The van der Waals surface area contributed by atoms with E-state index >= 15 is 0 Å². The Kier molecular flexibility index (Phi) is 7.04. The minimum atomic E-state index is -3.83. The van der Waals surface area contributed by atoms with E-state index in [0.717, 1.165) is 11.1 Å². The van der Waals surface area contributed by atoms with Gasteiger partial charge in [-0.1, -0.05) is 47.0 Å². The van der Waals surface area contributed by atoms with Crippen LogP contribution in [0.5, 0.6) is 0 Å². The van der Waals surface area contributed by atoms with Gasteiger partial charge in [-0.3, -0.25) is 4.79 Å². The summed E-state index contributed by atoms with van der Waals surface area (Å²) in [6, 6.07) is 19.2. The van der Waals surface area contributed by atoms with Crippen molar-refractivity contribution in [2.45, 2.75) is 11.8 Å². The molecule has 1 fully saturated rings. The van der Waals surface area contributed by atoms with Crippen molar-refractivity contribution in [1.82, 2.24) is 19.4 Å². The van der Waals surface area contributed by atoms with Crippen molar-refractivity contribution >= 4 is 39.1 Å². The van der Waals surface area contributed by atoms with E-state index in [2.05, 4.69) is 10.2 Å². The van der Waals surface area contributed by atoms with Crippen molar-refractivity contribution in [3.63, 3.8) is 0 Å². The van der Waals surface area contributed by atoms with E-state index < -0.39 is 10.0 Å². The molecule has 4 aromatic rings. The number of rotatable bonds is 5. The first-order valence-electron chi connectivity index (χ1n) is 11.5. The van der Waals surface area contributed by atoms with Gasteiger partial charge in [0, 0.05) is 42.9 Å². The molecule has 0 bridgehead atoms. The molecule has 5 rings (SSSR count). The number of nitrogens with zero attached hydrogens (tertiary/aromatic N) is 4. The van der Waals surface area contributed by atoms with Crippen LogP contribution in [-0.4, -0.2) is 59.9 Å². The molecule has 0 aliphatic carbocycles. The third-order valence-corrected chi connectivity index (χ3v) is 9.03. The number of piperazine rings is 1. The Bertz CT molecular complexity index is 1550. The molecule has 11 heteroatoms. The lowest BCUT2D eigenvalue weighted by atomic mass is 10.1. The Balaban J connectivity index is 1.24. The molecule has 0 radical (unpaired) electrons. The fourth-order valence-corrected chi connectivity index (χ4v) is 6.20. The summed E-state index contributed by atoms with van der Waals surface area (Å²) in [5.41, 5.74) is 3.14. The van der Waals surface area contributed by atoms with Crippen molar-refractivity contribution in [3.8, 4) is 22.9 Å². The zero-order valence-corrected chi connectivity index (χ0v) is 22.1. The van der Waals surface area contributed by atoms with Crippen LogP contribution in [0.3, 0.4) is 0 Å². The summed E-state index contributed by atoms with van der Waals surface area (Å²) in [6.45, 7) is 2.81. The largest absolute Gasteiger partial charge is 0.416 e. The van der Waals surface area contributed by atoms with Crippen molar-refractivity contribution in [2.24, 2.45) is 0 Å². The molecule has 1 aromatic heterocycles. The van der Waals surface area contributed by atoms with Crippen LogP contribution in [0.2, 0.25) is 10.0 Å². The molecular weight excluding hydrogens is 535 g/mol.